The molecule has 22 heavy (non-hydrogen) atoms. The van der Waals surface area contributed by atoms with E-state index < -0.39 is 0 Å². The topological polar surface area (TPSA) is 65.4 Å². The van der Waals surface area contributed by atoms with Crippen LogP contribution in [0.1, 0.15) is 15.9 Å². The van der Waals surface area contributed by atoms with Gasteiger partial charge in [0.1, 0.15) is 0 Å². The van der Waals surface area contributed by atoms with Gasteiger partial charge in [0.25, 0.3) is 0 Å². The van der Waals surface area contributed by atoms with Crippen LogP contribution in [0.4, 0.5) is 5.69 Å². The van der Waals surface area contributed by atoms with Crippen LogP contribution in [0.2, 0.25) is 0 Å². The summed E-state index contributed by atoms with van der Waals surface area (Å²) in [5.74, 6) is -0.222. The van der Waals surface area contributed by atoms with E-state index in [9.17, 15) is 9.90 Å². The van der Waals surface area contributed by atoms with Crippen molar-refractivity contribution in [2.24, 2.45) is 4.99 Å². The monoisotopic (exact) mass is 286 g/mol. The van der Waals surface area contributed by atoms with Gasteiger partial charge in [-0.25, -0.2) is 0 Å². The third kappa shape index (κ3) is 1.62. The van der Waals surface area contributed by atoms with E-state index in [1.807, 2.05) is 24.3 Å². The molecule has 0 bridgehead atoms. The number of ketones is 1. The number of Topliss-reactive ketones (excluding diaryl/α,β-unsaturated/α-hetero) is 1. The first kappa shape index (κ1) is 12.8. The van der Waals surface area contributed by atoms with Gasteiger partial charge in [0, 0.05) is 0 Å². The summed E-state index contributed by atoms with van der Waals surface area (Å²) in [6.45, 7) is 5.47. The van der Waals surface area contributed by atoms with Crippen LogP contribution in [0.15, 0.2) is 47.5 Å². The number of H-pyrrole nitrogens is 1. The van der Waals surface area contributed by atoms with Crippen molar-refractivity contribution < 1.29 is 9.90 Å². The molecule has 1 aliphatic heterocycles. The van der Waals surface area contributed by atoms with Crippen molar-refractivity contribution in [3.63, 3.8) is 0 Å². The Morgan fingerprint density at radius 1 is 1.14 bits per heavy atom. The third-order valence-electron chi connectivity index (χ3n) is 3.90. The molecule has 104 valence electrons. The summed E-state index contributed by atoms with van der Waals surface area (Å²) >= 11 is 0. The Kier molecular flexibility index (Phi) is 2.63. The normalized spacial score (nSPS) is 13.1. The van der Waals surface area contributed by atoms with Gasteiger partial charge in [-0.3, -0.25) is 0 Å². The number of aromatic amines is 1. The van der Waals surface area contributed by atoms with Crippen LogP contribution in [-0.2, 0) is 0 Å². The fraction of sp³-hybridized carbons (Fsp3) is 0. The fourth-order valence-corrected chi connectivity index (χ4v) is 2.87. The van der Waals surface area contributed by atoms with Gasteiger partial charge in [-0.05, 0) is 0 Å². The van der Waals surface area contributed by atoms with Crippen molar-refractivity contribution in [3.8, 4) is 5.88 Å². The molecule has 0 radical (unpaired) electrons. The zero-order valence-corrected chi connectivity index (χ0v) is 11.6. The Balaban J connectivity index is 1.99. The summed E-state index contributed by atoms with van der Waals surface area (Å²) in [5, 5.41) is 11.0. The molecule has 0 atom stereocenters. The molecule has 4 nitrogen and oxygen atoms in total. The third-order valence-corrected chi connectivity index (χ3v) is 3.90. The van der Waals surface area contributed by atoms with E-state index in [1.165, 1.54) is 0 Å². The second-order valence-corrected chi connectivity index (χ2v) is 5.13. The van der Waals surface area contributed by atoms with Crippen molar-refractivity contribution >= 4 is 46.9 Å². The number of aliphatic imine (C=N–C) groups is 1. The molecule has 1 aliphatic rings. The zero-order valence-electron chi connectivity index (χ0n) is 11.6. The molecular formula is C17H11BN2O2. The second-order valence-electron chi connectivity index (χ2n) is 5.13. The standard InChI is InChI=1S/C17H11BN2O2/c1-18-11-7-4-6-10-13(17(22)20-14(10)11)15-16(21)9-5-2-3-8-12(9)19-15/h2-8,20,22H,1H2. The van der Waals surface area contributed by atoms with E-state index in [0.29, 0.717) is 16.8 Å². The second kappa shape index (κ2) is 4.53. The maximum absolute atomic E-state index is 12.6. The van der Waals surface area contributed by atoms with Crippen molar-refractivity contribution in [3.05, 3.63) is 53.6 Å². The van der Waals surface area contributed by atoms with E-state index in [0.717, 1.165) is 16.4 Å². The first-order chi connectivity index (χ1) is 10.7. The van der Waals surface area contributed by atoms with Crippen LogP contribution in [0, 0.1) is 0 Å². The number of fused-ring (bicyclic) bond motifs is 2. The molecule has 5 heteroatoms. The quantitative estimate of drug-likeness (QED) is 0.707. The SMILES string of the molecule is C=Bc1cccc2c(C3=Nc4ccccc4C3=O)c(O)[nH]c12. The number of aromatic nitrogens is 1. The molecular weight excluding hydrogens is 275 g/mol. The van der Waals surface area contributed by atoms with Gasteiger partial charge in [-0.1, -0.05) is 0 Å². The molecule has 2 heterocycles. The van der Waals surface area contributed by atoms with Crippen molar-refractivity contribution in [2.75, 3.05) is 0 Å². The summed E-state index contributed by atoms with van der Waals surface area (Å²) < 4.78 is 0. The van der Waals surface area contributed by atoms with E-state index in [2.05, 4.69) is 16.4 Å². The molecule has 0 saturated carbocycles. The Morgan fingerprint density at radius 2 is 1.95 bits per heavy atom. The number of nitrogens with one attached hydrogen (secondary N) is 1. The van der Waals surface area contributed by atoms with Gasteiger partial charge in [-0.15, -0.1) is 0 Å². The van der Waals surface area contributed by atoms with Crippen LogP contribution in [-0.4, -0.2) is 35.0 Å². The van der Waals surface area contributed by atoms with E-state index >= 15 is 0 Å². The van der Waals surface area contributed by atoms with Gasteiger partial charge in [0.05, 0.1) is 0 Å². The van der Waals surface area contributed by atoms with Crippen LogP contribution in [0.25, 0.3) is 10.9 Å². The van der Waals surface area contributed by atoms with Crippen molar-refractivity contribution in [1.29, 1.82) is 0 Å². The molecule has 0 saturated heterocycles. The summed E-state index contributed by atoms with van der Waals surface area (Å²) in [6.07, 6.45) is 0. The Bertz CT molecular complexity index is 985. The first-order valence-corrected chi connectivity index (χ1v) is 6.89. The minimum atomic E-state index is -0.171. The number of para-hydroxylation sites is 2. The van der Waals surface area contributed by atoms with Crippen molar-refractivity contribution in [2.45, 2.75) is 0 Å². The molecule has 0 fully saturated rings. The van der Waals surface area contributed by atoms with Crippen LogP contribution in [0.3, 0.4) is 0 Å². The molecule has 4 rings (SSSR count). The number of hydrogen-bond acceptors (Lipinski definition) is 3. The fourth-order valence-electron chi connectivity index (χ4n) is 2.87. The average molecular weight is 286 g/mol. The van der Waals surface area contributed by atoms with Gasteiger partial charge in [0.15, 0.2) is 0 Å². The number of aromatic hydroxyl groups is 1. The van der Waals surface area contributed by atoms with Crippen LogP contribution >= 0.6 is 0 Å². The van der Waals surface area contributed by atoms with Crippen LogP contribution < -0.4 is 5.46 Å². The molecule has 0 spiro atoms. The number of rotatable bonds is 2. The Hall–Kier alpha value is -2.95. The molecule has 0 amide bonds. The number of nitrogens with zero attached hydrogens (tertiary/aromatic N) is 1. The summed E-state index contributed by atoms with van der Waals surface area (Å²) in [6, 6.07) is 12.8. The molecule has 3 aromatic rings. The summed E-state index contributed by atoms with van der Waals surface area (Å²) in [5.41, 5.74) is 3.52. The predicted octanol–water partition coefficient (Wildman–Crippen LogP) is 1.95. The van der Waals surface area contributed by atoms with Crippen LogP contribution in [0.5, 0.6) is 5.88 Å². The van der Waals surface area contributed by atoms with E-state index in [1.54, 1.807) is 25.1 Å². The first-order valence-electron chi connectivity index (χ1n) is 6.89. The number of benzene rings is 2. The van der Waals surface area contributed by atoms with Gasteiger partial charge in [0.2, 0.25) is 0 Å². The van der Waals surface area contributed by atoms with Gasteiger partial charge < -0.3 is 0 Å². The maximum atomic E-state index is 12.6. The Morgan fingerprint density at radius 3 is 2.73 bits per heavy atom. The summed E-state index contributed by atoms with van der Waals surface area (Å²) in [7, 11) is 0. The number of carbonyl (C=O) groups excluding carboxylic acids is 1. The summed E-state index contributed by atoms with van der Waals surface area (Å²) in [4.78, 5) is 19.9. The van der Waals surface area contributed by atoms with Gasteiger partial charge >= 0.3 is 126 Å². The molecule has 0 unspecified atom stereocenters. The molecule has 2 aromatic carbocycles. The zero-order chi connectivity index (χ0) is 15.3. The molecule has 2 N–H and O–H groups in total. The van der Waals surface area contributed by atoms with E-state index in [-0.39, 0.29) is 17.4 Å². The average Bonchev–Trinajstić information content (AvgIpc) is 3.04. The van der Waals surface area contributed by atoms with E-state index in [4.69, 9.17) is 0 Å². The number of hydrogen-bond donors (Lipinski definition) is 2. The van der Waals surface area contributed by atoms with Gasteiger partial charge in [-0.2, -0.15) is 0 Å². The minimum absolute atomic E-state index is 0.0517. The molecule has 0 aliphatic carbocycles. The van der Waals surface area contributed by atoms with Crippen molar-refractivity contribution in [1.82, 2.24) is 4.98 Å². The predicted molar refractivity (Wildman–Crippen MR) is 89.4 cm³/mol. The molecule has 1 aromatic heterocycles. The number of carbonyl (C=O) groups is 1. The Labute approximate surface area is 127 Å².